The molecule has 0 saturated heterocycles. The Bertz CT molecular complexity index is 1440. The standard InChI is InChI=1S/C33H36O3S/c1-6-31(37)32(35)26-11-10-24-18-23(8-9-25(24)19-26)20-36-30-15-13-28(17-22(30)4)33(5,7-2)27-12-14-29(34)21(3)16-27/h8-19,31,34,37H,6-7,20H2,1-5H3. The maximum absolute atomic E-state index is 12.5. The van der Waals surface area contributed by atoms with Gasteiger partial charge in [0, 0.05) is 11.0 Å². The zero-order valence-corrected chi connectivity index (χ0v) is 23.2. The predicted molar refractivity (Wildman–Crippen MR) is 156 cm³/mol. The molecular formula is C33H36O3S. The molecule has 0 aliphatic heterocycles. The Morgan fingerprint density at radius 2 is 1.54 bits per heavy atom. The molecule has 0 aromatic heterocycles. The third-order valence-corrected chi connectivity index (χ3v) is 8.23. The van der Waals surface area contributed by atoms with Gasteiger partial charge in [-0.2, -0.15) is 12.6 Å². The maximum Gasteiger partial charge on any atom is 0.175 e. The minimum atomic E-state index is -0.264. The van der Waals surface area contributed by atoms with Crippen LogP contribution in [0.2, 0.25) is 0 Å². The van der Waals surface area contributed by atoms with Crippen molar-refractivity contribution in [2.24, 2.45) is 0 Å². The molecule has 0 aliphatic rings. The number of ether oxygens (including phenoxy) is 1. The summed E-state index contributed by atoms with van der Waals surface area (Å²) in [5.41, 5.74) is 6.02. The molecule has 37 heavy (non-hydrogen) atoms. The zero-order chi connectivity index (χ0) is 26.7. The number of Topliss-reactive ketones (excluding diaryl/α,β-unsaturated/α-hetero) is 1. The number of phenolic OH excluding ortho intramolecular Hbond substituents is 1. The van der Waals surface area contributed by atoms with Gasteiger partial charge in [-0.3, -0.25) is 4.79 Å². The Kier molecular flexibility index (Phi) is 7.99. The van der Waals surface area contributed by atoms with Gasteiger partial charge in [-0.15, -0.1) is 0 Å². The van der Waals surface area contributed by atoms with Crippen LogP contribution in [0.25, 0.3) is 10.8 Å². The van der Waals surface area contributed by atoms with Gasteiger partial charge in [-0.1, -0.05) is 69.3 Å². The molecule has 4 rings (SSSR count). The van der Waals surface area contributed by atoms with Crippen LogP contribution in [0.3, 0.4) is 0 Å². The van der Waals surface area contributed by atoms with Gasteiger partial charge < -0.3 is 9.84 Å². The lowest BCUT2D eigenvalue weighted by Gasteiger charge is -2.31. The zero-order valence-electron chi connectivity index (χ0n) is 22.3. The number of aromatic hydroxyl groups is 1. The minimum absolute atomic E-state index is 0.0683. The highest BCUT2D eigenvalue weighted by atomic mass is 32.1. The number of fused-ring (bicyclic) bond motifs is 1. The number of thiol groups is 1. The number of aryl methyl sites for hydroxylation is 2. The van der Waals surface area contributed by atoms with E-state index >= 15 is 0 Å². The van der Waals surface area contributed by atoms with Gasteiger partial charge >= 0.3 is 0 Å². The van der Waals surface area contributed by atoms with Crippen molar-refractivity contribution >= 4 is 29.2 Å². The number of carbonyl (C=O) groups is 1. The van der Waals surface area contributed by atoms with Crippen molar-refractivity contribution < 1.29 is 14.6 Å². The second-order valence-electron chi connectivity index (χ2n) is 10.1. The van der Waals surface area contributed by atoms with Gasteiger partial charge in [0.1, 0.15) is 18.1 Å². The summed E-state index contributed by atoms with van der Waals surface area (Å²) in [6.45, 7) is 10.9. The number of carbonyl (C=O) groups excluding carboxylic acids is 1. The molecule has 4 aromatic rings. The van der Waals surface area contributed by atoms with E-state index in [1.54, 1.807) is 6.07 Å². The van der Waals surface area contributed by atoms with E-state index in [-0.39, 0.29) is 16.4 Å². The minimum Gasteiger partial charge on any atom is -0.508 e. The Balaban J connectivity index is 1.51. The summed E-state index contributed by atoms with van der Waals surface area (Å²) >= 11 is 4.40. The molecule has 0 aliphatic carbocycles. The Hall–Kier alpha value is -3.24. The van der Waals surface area contributed by atoms with Crippen LogP contribution in [-0.2, 0) is 12.0 Å². The second-order valence-corrected chi connectivity index (χ2v) is 10.8. The molecule has 4 heteroatoms. The van der Waals surface area contributed by atoms with E-state index in [0.717, 1.165) is 39.6 Å². The summed E-state index contributed by atoms with van der Waals surface area (Å²) in [5.74, 6) is 1.26. The number of ketones is 1. The summed E-state index contributed by atoms with van der Waals surface area (Å²) in [6.07, 6.45) is 1.65. The molecule has 0 fully saturated rings. The van der Waals surface area contributed by atoms with Crippen LogP contribution in [0, 0.1) is 13.8 Å². The van der Waals surface area contributed by atoms with Gasteiger partial charge in [0.25, 0.3) is 0 Å². The number of hydrogen-bond acceptors (Lipinski definition) is 4. The summed E-state index contributed by atoms with van der Waals surface area (Å²) in [4.78, 5) is 12.5. The third-order valence-electron chi connectivity index (χ3n) is 7.63. The fourth-order valence-corrected chi connectivity index (χ4v) is 4.95. The van der Waals surface area contributed by atoms with Gasteiger partial charge in [-0.25, -0.2) is 0 Å². The summed E-state index contributed by atoms with van der Waals surface area (Å²) in [5, 5.41) is 11.8. The van der Waals surface area contributed by atoms with E-state index < -0.39 is 0 Å². The van der Waals surface area contributed by atoms with E-state index in [4.69, 9.17) is 4.74 Å². The van der Waals surface area contributed by atoms with Crippen molar-refractivity contribution in [2.75, 3.05) is 0 Å². The summed E-state index contributed by atoms with van der Waals surface area (Å²) in [7, 11) is 0. The SMILES string of the molecule is CCC(S)C(=O)c1ccc2cc(COc3ccc(C(C)(CC)c4ccc(O)c(C)c4)cc3C)ccc2c1. The van der Waals surface area contributed by atoms with Crippen LogP contribution in [0.15, 0.2) is 72.8 Å². The summed E-state index contributed by atoms with van der Waals surface area (Å²) < 4.78 is 6.22. The molecule has 4 aromatic carbocycles. The van der Waals surface area contributed by atoms with E-state index in [0.29, 0.717) is 24.3 Å². The van der Waals surface area contributed by atoms with Crippen LogP contribution in [0.4, 0.5) is 0 Å². The van der Waals surface area contributed by atoms with Crippen LogP contribution in [-0.4, -0.2) is 16.1 Å². The topological polar surface area (TPSA) is 46.5 Å². The molecule has 0 bridgehead atoms. The average Bonchev–Trinajstić information content (AvgIpc) is 2.92. The smallest absolute Gasteiger partial charge is 0.175 e. The van der Waals surface area contributed by atoms with Crippen molar-refractivity contribution in [3.05, 3.63) is 106 Å². The Morgan fingerprint density at radius 1 is 0.892 bits per heavy atom. The van der Waals surface area contributed by atoms with E-state index in [1.807, 2.05) is 44.2 Å². The van der Waals surface area contributed by atoms with E-state index in [2.05, 4.69) is 69.8 Å². The van der Waals surface area contributed by atoms with Crippen molar-refractivity contribution in [1.29, 1.82) is 0 Å². The van der Waals surface area contributed by atoms with Gasteiger partial charge in [0.05, 0.1) is 5.25 Å². The largest absolute Gasteiger partial charge is 0.508 e. The molecule has 0 spiro atoms. The molecule has 2 atom stereocenters. The number of phenols is 1. The fourth-order valence-electron chi connectivity index (χ4n) is 4.81. The molecule has 3 nitrogen and oxygen atoms in total. The van der Waals surface area contributed by atoms with Crippen molar-refractivity contribution in [1.82, 2.24) is 0 Å². The number of rotatable bonds is 9. The molecule has 0 saturated carbocycles. The first-order valence-electron chi connectivity index (χ1n) is 12.9. The highest BCUT2D eigenvalue weighted by Gasteiger charge is 2.28. The number of hydrogen-bond donors (Lipinski definition) is 2. The molecule has 1 N–H and O–H groups in total. The Labute approximate surface area is 225 Å². The lowest BCUT2D eigenvalue weighted by molar-refractivity contribution is 0.0989. The van der Waals surface area contributed by atoms with Crippen LogP contribution in [0.1, 0.15) is 71.8 Å². The molecule has 0 radical (unpaired) electrons. The lowest BCUT2D eigenvalue weighted by Crippen LogP contribution is -2.23. The van der Waals surface area contributed by atoms with Crippen LogP contribution < -0.4 is 4.74 Å². The van der Waals surface area contributed by atoms with Crippen molar-refractivity contribution in [3.8, 4) is 11.5 Å². The molecule has 0 amide bonds. The Morgan fingerprint density at radius 3 is 2.19 bits per heavy atom. The van der Waals surface area contributed by atoms with Crippen LogP contribution in [0.5, 0.6) is 11.5 Å². The highest BCUT2D eigenvalue weighted by Crippen LogP contribution is 2.38. The molecule has 2 unspecified atom stereocenters. The quantitative estimate of drug-likeness (QED) is 0.175. The highest BCUT2D eigenvalue weighted by molar-refractivity contribution is 7.81. The van der Waals surface area contributed by atoms with Crippen molar-refractivity contribution in [2.45, 2.75) is 64.7 Å². The second kappa shape index (κ2) is 11.0. The molecular weight excluding hydrogens is 476 g/mol. The fraction of sp³-hybridized carbons (Fsp3) is 0.303. The van der Waals surface area contributed by atoms with E-state index in [9.17, 15) is 9.90 Å². The third kappa shape index (κ3) is 5.55. The first-order chi connectivity index (χ1) is 17.7. The van der Waals surface area contributed by atoms with E-state index in [1.165, 1.54) is 11.1 Å². The van der Waals surface area contributed by atoms with Gasteiger partial charge in [0.15, 0.2) is 5.78 Å². The molecule has 0 heterocycles. The molecule has 192 valence electrons. The lowest BCUT2D eigenvalue weighted by atomic mass is 9.73. The normalized spacial score (nSPS) is 13.8. The first-order valence-corrected chi connectivity index (χ1v) is 13.5. The predicted octanol–water partition coefficient (Wildman–Crippen LogP) is 8.35. The average molecular weight is 513 g/mol. The van der Waals surface area contributed by atoms with Gasteiger partial charge in [0.2, 0.25) is 0 Å². The number of benzene rings is 4. The summed E-state index contributed by atoms with van der Waals surface area (Å²) in [6, 6.07) is 24.4. The first kappa shape index (κ1) is 26.8. The van der Waals surface area contributed by atoms with Crippen LogP contribution >= 0.6 is 12.6 Å². The monoisotopic (exact) mass is 512 g/mol. The van der Waals surface area contributed by atoms with Crippen molar-refractivity contribution in [3.63, 3.8) is 0 Å². The van der Waals surface area contributed by atoms with Gasteiger partial charge in [-0.05, 0) is 89.5 Å². The maximum atomic E-state index is 12.5.